The molecule has 0 aliphatic carbocycles. The number of benzene rings is 1. The predicted octanol–water partition coefficient (Wildman–Crippen LogP) is 2.18. The van der Waals surface area contributed by atoms with Crippen molar-refractivity contribution in [3.8, 4) is 6.07 Å². The maximum atomic E-state index is 8.51. The topological polar surface area (TPSA) is 53.0 Å². The molecule has 3 heteroatoms. The Hall–Kier alpha value is -1.53. The highest BCUT2D eigenvalue weighted by Crippen LogP contribution is 2.19. The van der Waals surface area contributed by atoms with Crippen LogP contribution in [0.2, 0.25) is 0 Å². The third-order valence-corrected chi connectivity index (χ3v) is 2.66. The summed E-state index contributed by atoms with van der Waals surface area (Å²) in [4.78, 5) is 2.16. The van der Waals surface area contributed by atoms with Crippen molar-refractivity contribution in [1.29, 1.82) is 5.26 Å². The highest BCUT2D eigenvalue weighted by atomic mass is 15.1. The molecule has 0 saturated carbocycles. The fraction of sp³-hybridized carbons (Fsp3) is 0.417. The molecule has 0 aliphatic heterocycles. The summed E-state index contributed by atoms with van der Waals surface area (Å²) in [6.45, 7) is 2.92. The van der Waals surface area contributed by atoms with Gasteiger partial charge in [-0.2, -0.15) is 5.26 Å². The van der Waals surface area contributed by atoms with E-state index >= 15 is 0 Å². The normalized spacial score (nSPS) is 12.4. The number of nitrogens with zero attached hydrogens (tertiary/aromatic N) is 2. The van der Waals surface area contributed by atoms with Crippen molar-refractivity contribution in [2.45, 2.75) is 19.4 Å². The molecular formula is C12H17N3. The molecule has 0 radical (unpaired) electrons. The highest BCUT2D eigenvalue weighted by molar-refractivity contribution is 5.40. The first kappa shape index (κ1) is 11.5. The van der Waals surface area contributed by atoms with E-state index in [1.807, 2.05) is 31.3 Å². The lowest BCUT2D eigenvalue weighted by Gasteiger charge is -2.24. The van der Waals surface area contributed by atoms with E-state index in [0.29, 0.717) is 12.5 Å². The molecule has 0 spiro atoms. The van der Waals surface area contributed by atoms with Gasteiger partial charge in [0.25, 0.3) is 0 Å². The Morgan fingerprint density at radius 1 is 1.40 bits per heavy atom. The first-order valence-corrected chi connectivity index (χ1v) is 5.07. The van der Waals surface area contributed by atoms with Crippen molar-refractivity contribution in [3.05, 3.63) is 29.8 Å². The first-order valence-electron chi connectivity index (χ1n) is 5.07. The molecule has 0 bridgehead atoms. The van der Waals surface area contributed by atoms with Crippen LogP contribution in [0.5, 0.6) is 0 Å². The van der Waals surface area contributed by atoms with Gasteiger partial charge in [-0.1, -0.05) is 12.1 Å². The third kappa shape index (κ3) is 3.26. The van der Waals surface area contributed by atoms with Crippen LogP contribution in [0.3, 0.4) is 0 Å². The van der Waals surface area contributed by atoms with E-state index in [1.165, 1.54) is 5.56 Å². The Morgan fingerprint density at radius 3 is 2.53 bits per heavy atom. The van der Waals surface area contributed by atoms with Gasteiger partial charge in [0.1, 0.15) is 0 Å². The second-order valence-electron chi connectivity index (χ2n) is 3.73. The van der Waals surface area contributed by atoms with Gasteiger partial charge in [-0.15, -0.1) is 0 Å². The third-order valence-electron chi connectivity index (χ3n) is 2.66. The Morgan fingerprint density at radius 2 is 2.00 bits per heavy atom. The fourth-order valence-corrected chi connectivity index (χ4v) is 1.45. The van der Waals surface area contributed by atoms with Crippen LogP contribution < -0.4 is 5.73 Å². The molecular weight excluding hydrogens is 186 g/mol. The number of nitrogen functional groups attached to an aromatic ring is 1. The molecule has 0 aliphatic rings. The van der Waals surface area contributed by atoms with Crippen LogP contribution in [-0.2, 0) is 0 Å². The lowest BCUT2D eigenvalue weighted by molar-refractivity contribution is 0.267. The number of nitriles is 1. The summed E-state index contributed by atoms with van der Waals surface area (Å²) in [5.74, 6) is 0. The molecule has 15 heavy (non-hydrogen) atoms. The molecule has 1 atom stereocenters. The van der Waals surface area contributed by atoms with Gasteiger partial charge in [0.05, 0.1) is 6.07 Å². The fourth-order valence-electron chi connectivity index (χ4n) is 1.45. The van der Waals surface area contributed by atoms with Crippen LogP contribution in [-0.4, -0.2) is 18.5 Å². The summed E-state index contributed by atoms with van der Waals surface area (Å²) >= 11 is 0. The largest absolute Gasteiger partial charge is 0.399 e. The SMILES string of the molecule is CC(c1ccc(N)cc1)N(C)CCC#N. The molecule has 1 unspecified atom stereocenters. The molecule has 0 amide bonds. The van der Waals surface area contributed by atoms with E-state index in [9.17, 15) is 0 Å². The molecule has 1 aromatic carbocycles. The number of anilines is 1. The van der Waals surface area contributed by atoms with E-state index < -0.39 is 0 Å². The van der Waals surface area contributed by atoms with Gasteiger partial charge in [-0.05, 0) is 31.7 Å². The highest BCUT2D eigenvalue weighted by Gasteiger charge is 2.10. The monoisotopic (exact) mass is 203 g/mol. The van der Waals surface area contributed by atoms with Crippen molar-refractivity contribution in [1.82, 2.24) is 4.90 Å². The summed E-state index contributed by atoms with van der Waals surface area (Å²) in [5.41, 5.74) is 7.64. The van der Waals surface area contributed by atoms with E-state index in [0.717, 1.165) is 12.2 Å². The molecule has 80 valence electrons. The second-order valence-corrected chi connectivity index (χ2v) is 3.73. The van der Waals surface area contributed by atoms with E-state index in [-0.39, 0.29) is 0 Å². The van der Waals surface area contributed by atoms with Crippen molar-refractivity contribution < 1.29 is 0 Å². The van der Waals surface area contributed by atoms with E-state index in [2.05, 4.69) is 17.9 Å². The number of nitrogens with two attached hydrogens (primary N) is 1. The maximum Gasteiger partial charge on any atom is 0.0635 e. The lowest BCUT2D eigenvalue weighted by atomic mass is 10.1. The molecule has 1 aromatic rings. The lowest BCUT2D eigenvalue weighted by Crippen LogP contribution is -2.23. The van der Waals surface area contributed by atoms with Gasteiger partial charge in [0.2, 0.25) is 0 Å². The Balaban J connectivity index is 2.63. The maximum absolute atomic E-state index is 8.51. The molecule has 0 saturated heterocycles. The molecule has 0 heterocycles. The Kier molecular flexibility index (Phi) is 4.14. The molecule has 3 nitrogen and oxygen atoms in total. The summed E-state index contributed by atoms with van der Waals surface area (Å²) in [6.07, 6.45) is 0.565. The Labute approximate surface area is 91.1 Å². The van der Waals surface area contributed by atoms with Crippen LogP contribution in [0.1, 0.15) is 24.9 Å². The predicted molar refractivity (Wildman–Crippen MR) is 62.1 cm³/mol. The molecule has 0 fully saturated rings. The number of hydrogen-bond acceptors (Lipinski definition) is 3. The minimum absolute atomic E-state index is 0.318. The van der Waals surface area contributed by atoms with E-state index in [1.54, 1.807) is 0 Å². The van der Waals surface area contributed by atoms with Crippen molar-refractivity contribution in [2.75, 3.05) is 19.3 Å². The Bertz CT molecular complexity index is 337. The second kappa shape index (κ2) is 5.38. The van der Waals surface area contributed by atoms with Crippen molar-refractivity contribution >= 4 is 5.69 Å². The van der Waals surface area contributed by atoms with Crippen LogP contribution in [0.15, 0.2) is 24.3 Å². The quantitative estimate of drug-likeness (QED) is 0.763. The van der Waals surface area contributed by atoms with Gasteiger partial charge in [-0.3, -0.25) is 4.90 Å². The summed E-state index contributed by atoms with van der Waals surface area (Å²) in [6, 6.07) is 10.3. The van der Waals surface area contributed by atoms with Gasteiger partial charge >= 0.3 is 0 Å². The summed E-state index contributed by atoms with van der Waals surface area (Å²) in [7, 11) is 2.03. The van der Waals surface area contributed by atoms with Gasteiger partial charge < -0.3 is 5.73 Å². The molecule has 1 rings (SSSR count). The van der Waals surface area contributed by atoms with Crippen LogP contribution in [0.4, 0.5) is 5.69 Å². The standard InChI is InChI=1S/C12H17N3/c1-10(15(2)9-3-8-13)11-4-6-12(14)7-5-11/h4-7,10H,3,9,14H2,1-2H3. The zero-order valence-corrected chi connectivity index (χ0v) is 9.27. The molecule has 2 N–H and O–H groups in total. The van der Waals surface area contributed by atoms with Gasteiger partial charge in [0, 0.05) is 24.7 Å². The zero-order valence-electron chi connectivity index (χ0n) is 9.27. The van der Waals surface area contributed by atoms with Gasteiger partial charge in [0.15, 0.2) is 0 Å². The summed E-state index contributed by atoms with van der Waals surface area (Å²) < 4.78 is 0. The van der Waals surface area contributed by atoms with Crippen LogP contribution in [0, 0.1) is 11.3 Å². The van der Waals surface area contributed by atoms with Crippen molar-refractivity contribution in [2.24, 2.45) is 0 Å². The number of hydrogen-bond donors (Lipinski definition) is 1. The van der Waals surface area contributed by atoms with Crippen molar-refractivity contribution in [3.63, 3.8) is 0 Å². The molecule has 0 aromatic heterocycles. The summed E-state index contributed by atoms with van der Waals surface area (Å²) in [5, 5.41) is 8.51. The van der Waals surface area contributed by atoms with Gasteiger partial charge in [-0.25, -0.2) is 0 Å². The smallest absolute Gasteiger partial charge is 0.0635 e. The average Bonchev–Trinajstić information content (AvgIpc) is 2.26. The zero-order chi connectivity index (χ0) is 11.3. The first-order chi connectivity index (χ1) is 7.15. The van der Waals surface area contributed by atoms with Crippen LogP contribution >= 0.6 is 0 Å². The average molecular weight is 203 g/mol. The van der Waals surface area contributed by atoms with Crippen LogP contribution in [0.25, 0.3) is 0 Å². The number of rotatable bonds is 4. The van der Waals surface area contributed by atoms with E-state index in [4.69, 9.17) is 11.0 Å². The minimum atomic E-state index is 0.318. The minimum Gasteiger partial charge on any atom is -0.399 e.